The lowest BCUT2D eigenvalue weighted by Gasteiger charge is -2.14. The topological polar surface area (TPSA) is 59.4 Å². The van der Waals surface area contributed by atoms with Crippen molar-refractivity contribution in [2.45, 2.75) is 12.8 Å². The fraction of sp³-hybridized carbons (Fsp3) is 0.250. The van der Waals surface area contributed by atoms with Gasteiger partial charge in [0.1, 0.15) is 9.26 Å². The maximum Gasteiger partial charge on any atom is 0.573 e. The molecule has 0 aliphatic rings. The van der Waals surface area contributed by atoms with Crippen LogP contribution in [0, 0.1) is 3.70 Å². The number of carboxylic acid groups (broad SMARTS) is 1. The van der Waals surface area contributed by atoms with Gasteiger partial charge in [-0.3, -0.25) is 0 Å². The molecule has 4 nitrogen and oxygen atoms in total. The minimum atomic E-state index is -5.20. The summed E-state index contributed by atoms with van der Waals surface area (Å²) in [6, 6.07) is 0. The Morgan fingerprint density at radius 1 is 1.44 bits per heavy atom. The first-order chi connectivity index (χ1) is 8.13. The third kappa shape index (κ3) is 3.40. The van der Waals surface area contributed by atoms with Gasteiger partial charge in [0, 0.05) is 6.20 Å². The molecule has 0 radical (unpaired) electrons. The average Bonchev–Trinajstić information content (AvgIpc) is 2.17. The van der Waals surface area contributed by atoms with E-state index in [1.165, 1.54) is 22.6 Å². The van der Waals surface area contributed by atoms with E-state index in [0.29, 0.717) is 6.20 Å². The SMILES string of the molecule is O=C(O)c1c(C(F)F)cnc(I)c1OC(F)(F)F. The Bertz CT molecular complexity index is 477. The summed E-state index contributed by atoms with van der Waals surface area (Å²) < 4.78 is 64.1. The Kier molecular flexibility index (Phi) is 4.29. The molecule has 0 aromatic carbocycles. The van der Waals surface area contributed by atoms with Crippen molar-refractivity contribution in [2.24, 2.45) is 0 Å². The third-order valence-corrected chi connectivity index (χ3v) is 2.46. The van der Waals surface area contributed by atoms with Gasteiger partial charge in [0.2, 0.25) is 0 Å². The highest BCUT2D eigenvalue weighted by Gasteiger charge is 2.36. The van der Waals surface area contributed by atoms with Gasteiger partial charge < -0.3 is 9.84 Å². The molecule has 0 atom stereocenters. The van der Waals surface area contributed by atoms with Crippen molar-refractivity contribution < 1.29 is 36.6 Å². The Labute approximate surface area is 110 Å². The third-order valence-electron chi connectivity index (χ3n) is 1.69. The van der Waals surface area contributed by atoms with Gasteiger partial charge in [-0.1, -0.05) is 0 Å². The van der Waals surface area contributed by atoms with Crippen LogP contribution < -0.4 is 4.74 Å². The monoisotopic (exact) mass is 383 g/mol. The summed E-state index contributed by atoms with van der Waals surface area (Å²) in [4.78, 5) is 14.0. The normalized spacial score (nSPS) is 11.7. The number of ether oxygens (including phenoxy) is 1. The van der Waals surface area contributed by atoms with Crippen molar-refractivity contribution in [1.29, 1.82) is 0 Å². The summed E-state index contributed by atoms with van der Waals surface area (Å²) in [5.41, 5.74) is -2.39. The highest BCUT2D eigenvalue weighted by molar-refractivity contribution is 14.1. The van der Waals surface area contributed by atoms with Gasteiger partial charge in [-0.05, 0) is 22.6 Å². The van der Waals surface area contributed by atoms with Crippen LogP contribution in [0.5, 0.6) is 5.75 Å². The van der Waals surface area contributed by atoms with Crippen molar-refractivity contribution in [2.75, 3.05) is 0 Å². The molecule has 0 saturated carbocycles. The van der Waals surface area contributed by atoms with E-state index in [4.69, 9.17) is 5.11 Å². The fourth-order valence-electron chi connectivity index (χ4n) is 1.08. The molecule has 18 heavy (non-hydrogen) atoms. The highest BCUT2D eigenvalue weighted by Crippen LogP contribution is 2.35. The Morgan fingerprint density at radius 3 is 2.39 bits per heavy atom. The molecule has 0 spiro atoms. The van der Waals surface area contributed by atoms with Crippen molar-refractivity contribution in [3.05, 3.63) is 21.0 Å². The lowest BCUT2D eigenvalue weighted by molar-refractivity contribution is -0.275. The molecule has 0 amide bonds. The summed E-state index contributed by atoms with van der Waals surface area (Å²) >= 11 is 1.26. The molecular formula is C8H3F5INO3. The number of hydrogen-bond acceptors (Lipinski definition) is 3. The number of nitrogens with zero attached hydrogens (tertiary/aromatic N) is 1. The van der Waals surface area contributed by atoms with E-state index >= 15 is 0 Å². The second-order valence-electron chi connectivity index (χ2n) is 2.86. The lowest BCUT2D eigenvalue weighted by Crippen LogP contribution is -2.21. The summed E-state index contributed by atoms with van der Waals surface area (Å²) in [5.74, 6) is -3.20. The minimum Gasteiger partial charge on any atom is -0.478 e. The van der Waals surface area contributed by atoms with Gasteiger partial charge in [-0.25, -0.2) is 18.6 Å². The van der Waals surface area contributed by atoms with Crippen LogP contribution in [-0.4, -0.2) is 22.4 Å². The van der Waals surface area contributed by atoms with Gasteiger partial charge in [0.25, 0.3) is 6.43 Å². The van der Waals surface area contributed by atoms with Crippen LogP contribution in [0.25, 0.3) is 0 Å². The number of halogens is 6. The van der Waals surface area contributed by atoms with Crippen LogP contribution in [0.2, 0.25) is 0 Å². The number of carboxylic acids is 1. The molecule has 1 aromatic heterocycles. The van der Waals surface area contributed by atoms with Crippen LogP contribution in [-0.2, 0) is 0 Å². The summed E-state index contributed by atoms with van der Waals surface area (Å²) in [6.45, 7) is 0. The number of aromatic nitrogens is 1. The number of alkyl halides is 5. The molecule has 0 aliphatic carbocycles. The van der Waals surface area contributed by atoms with E-state index in [9.17, 15) is 26.7 Å². The van der Waals surface area contributed by atoms with Crippen LogP contribution in [0.3, 0.4) is 0 Å². The number of carbonyl (C=O) groups is 1. The Balaban J connectivity index is 3.46. The molecule has 1 rings (SSSR count). The first-order valence-electron chi connectivity index (χ1n) is 4.09. The quantitative estimate of drug-likeness (QED) is 0.495. The molecule has 1 heterocycles. The zero-order valence-corrected chi connectivity index (χ0v) is 10.3. The van der Waals surface area contributed by atoms with E-state index in [2.05, 4.69) is 9.72 Å². The molecule has 10 heteroatoms. The zero-order chi connectivity index (χ0) is 14.1. The first-order valence-corrected chi connectivity index (χ1v) is 5.17. The average molecular weight is 383 g/mol. The van der Waals surface area contributed by atoms with Crippen LogP contribution in [0.1, 0.15) is 22.3 Å². The van der Waals surface area contributed by atoms with Crippen molar-refractivity contribution in [3.63, 3.8) is 0 Å². The second-order valence-corrected chi connectivity index (χ2v) is 3.88. The van der Waals surface area contributed by atoms with E-state index in [1.807, 2.05) is 0 Å². The predicted octanol–water partition coefficient (Wildman–Crippen LogP) is 3.22. The summed E-state index contributed by atoms with van der Waals surface area (Å²) in [5, 5.41) is 8.70. The first kappa shape index (κ1) is 14.9. The van der Waals surface area contributed by atoms with E-state index in [1.54, 1.807) is 0 Å². The van der Waals surface area contributed by atoms with Crippen molar-refractivity contribution in [3.8, 4) is 5.75 Å². The standard InChI is InChI=1S/C8H3F5INO3/c9-5(10)2-1-15-6(14)4(3(2)7(16)17)18-8(11,12)13/h1,5H,(H,16,17). The van der Waals surface area contributed by atoms with E-state index in [-0.39, 0.29) is 0 Å². The Morgan fingerprint density at radius 2 is 2.00 bits per heavy atom. The van der Waals surface area contributed by atoms with Crippen molar-refractivity contribution in [1.82, 2.24) is 4.98 Å². The number of pyridine rings is 1. The van der Waals surface area contributed by atoms with Gasteiger partial charge in [-0.2, -0.15) is 0 Å². The molecule has 1 aromatic rings. The van der Waals surface area contributed by atoms with Gasteiger partial charge in [0.05, 0.1) is 5.56 Å². The van der Waals surface area contributed by atoms with Gasteiger partial charge in [-0.15, -0.1) is 13.2 Å². The molecule has 0 fully saturated rings. The smallest absolute Gasteiger partial charge is 0.478 e. The second kappa shape index (κ2) is 5.20. The number of aromatic carboxylic acids is 1. The van der Waals surface area contributed by atoms with Crippen molar-refractivity contribution >= 4 is 28.6 Å². The molecular weight excluding hydrogens is 380 g/mol. The fourth-order valence-corrected chi connectivity index (χ4v) is 1.60. The summed E-state index contributed by atoms with van der Waals surface area (Å²) in [7, 11) is 0. The highest BCUT2D eigenvalue weighted by atomic mass is 127. The minimum absolute atomic E-state index is 0.480. The maximum absolute atomic E-state index is 12.5. The van der Waals surface area contributed by atoms with Crippen LogP contribution in [0.15, 0.2) is 6.20 Å². The molecule has 1 N–H and O–H groups in total. The molecule has 0 bridgehead atoms. The summed E-state index contributed by atoms with van der Waals surface area (Å²) in [6.07, 6.45) is -7.98. The number of rotatable bonds is 3. The molecule has 0 unspecified atom stereocenters. The lowest BCUT2D eigenvalue weighted by atomic mass is 10.1. The van der Waals surface area contributed by atoms with Crippen LogP contribution in [0.4, 0.5) is 22.0 Å². The van der Waals surface area contributed by atoms with E-state index in [0.717, 1.165) is 0 Å². The van der Waals surface area contributed by atoms with Gasteiger partial charge in [0.15, 0.2) is 5.75 Å². The zero-order valence-electron chi connectivity index (χ0n) is 8.13. The number of hydrogen-bond donors (Lipinski definition) is 1. The Hall–Kier alpha value is -1.20. The van der Waals surface area contributed by atoms with Crippen LogP contribution >= 0.6 is 22.6 Å². The molecule has 100 valence electrons. The largest absolute Gasteiger partial charge is 0.573 e. The molecule has 0 saturated heterocycles. The maximum atomic E-state index is 12.5. The molecule has 0 aliphatic heterocycles. The predicted molar refractivity (Wildman–Crippen MR) is 55.6 cm³/mol. The van der Waals surface area contributed by atoms with E-state index < -0.39 is 39.3 Å². The van der Waals surface area contributed by atoms with Gasteiger partial charge >= 0.3 is 12.3 Å².